The fraction of sp³-hybridized carbons (Fsp3) is 0.280. The van der Waals surface area contributed by atoms with E-state index in [1.54, 1.807) is 6.07 Å². The first-order valence-corrected chi connectivity index (χ1v) is 11.6. The number of nitrogens with one attached hydrogen (secondary N) is 3. The molecule has 0 aliphatic heterocycles. The van der Waals surface area contributed by atoms with Gasteiger partial charge in [0.15, 0.2) is 0 Å². The summed E-state index contributed by atoms with van der Waals surface area (Å²) >= 11 is 0. The average molecular weight is 550 g/mol. The highest BCUT2D eigenvalue weighted by atomic mass is 19.3. The Morgan fingerprint density at radius 3 is 2.69 bits per heavy atom. The number of fused-ring (bicyclic) bond motifs is 1. The number of alkyl carbamates (subject to hydrolysis) is 1. The van der Waals surface area contributed by atoms with Crippen LogP contribution < -0.4 is 26.7 Å². The molecule has 0 aliphatic rings. The number of allylic oxidation sites excluding steroid dienone is 1. The first-order chi connectivity index (χ1) is 18.6. The number of hydrogen-bond acceptors (Lipinski definition) is 6. The second-order valence-corrected chi connectivity index (χ2v) is 8.28. The average Bonchev–Trinajstić information content (AvgIpc) is 3.28. The van der Waals surface area contributed by atoms with Crippen LogP contribution >= 0.6 is 0 Å². The molecule has 208 valence electrons. The summed E-state index contributed by atoms with van der Waals surface area (Å²) in [6.45, 7) is -0.948. The molecule has 39 heavy (non-hydrogen) atoms. The molecule has 3 aromatic rings. The molecule has 3 amide bonds. The number of carbonyl (C=O) groups excluding carboxylic acids is 3. The third-order valence-electron chi connectivity index (χ3n) is 5.39. The van der Waals surface area contributed by atoms with Crippen LogP contribution in [0.25, 0.3) is 10.9 Å². The number of alkyl halides is 2. The second-order valence-electron chi connectivity index (χ2n) is 8.28. The SMILES string of the molecule is COC(=O)NC(CCC=CC(N)=O)C(=O)Nc1cccn(Cc2cc3cc(F)cc(OCC(F)F)c3[nH]2)c1=O. The van der Waals surface area contributed by atoms with Crippen LogP contribution in [0.4, 0.5) is 23.7 Å². The van der Waals surface area contributed by atoms with Gasteiger partial charge in [-0.2, -0.15) is 0 Å². The predicted octanol–water partition coefficient (Wildman–Crippen LogP) is 2.65. The molecule has 2 heterocycles. The number of primary amides is 1. The molecule has 1 aromatic carbocycles. The molecule has 0 saturated heterocycles. The van der Waals surface area contributed by atoms with Crippen LogP contribution in [-0.4, -0.2) is 53.6 Å². The minimum absolute atomic E-state index is 0.0329. The molecule has 11 nitrogen and oxygen atoms in total. The van der Waals surface area contributed by atoms with E-state index in [0.29, 0.717) is 11.1 Å². The van der Waals surface area contributed by atoms with Gasteiger partial charge < -0.3 is 35.4 Å². The van der Waals surface area contributed by atoms with Gasteiger partial charge in [-0.05, 0) is 43.2 Å². The molecule has 0 aliphatic carbocycles. The number of anilines is 1. The Balaban J connectivity index is 1.79. The summed E-state index contributed by atoms with van der Waals surface area (Å²) in [6, 6.07) is 5.50. The number of methoxy groups -OCH3 is 1. The quantitative estimate of drug-likeness (QED) is 0.254. The predicted molar refractivity (Wildman–Crippen MR) is 135 cm³/mol. The maximum Gasteiger partial charge on any atom is 0.407 e. The van der Waals surface area contributed by atoms with Gasteiger partial charge in [0.05, 0.1) is 19.2 Å². The fourth-order valence-corrected chi connectivity index (χ4v) is 3.68. The van der Waals surface area contributed by atoms with Crippen molar-refractivity contribution in [3.05, 3.63) is 70.5 Å². The number of pyridine rings is 1. The Bertz CT molecular complexity index is 1440. The minimum Gasteiger partial charge on any atom is -0.485 e. The highest BCUT2D eigenvalue weighted by Crippen LogP contribution is 2.28. The number of carbonyl (C=O) groups is 3. The first kappa shape index (κ1) is 28.8. The Morgan fingerprint density at radius 2 is 2.00 bits per heavy atom. The highest BCUT2D eigenvalue weighted by molar-refractivity contribution is 5.96. The number of aromatic amines is 1. The lowest BCUT2D eigenvalue weighted by atomic mass is 10.1. The molecular weight excluding hydrogens is 523 g/mol. The number of ether oxygens (including phenoxy) is 2. The van der Waals surface area contributed by atoms with E-state index in [4.69, 9.17) is 10.5 Å². The molecule has 1 unspecified atom stereocenters. The van der Waals surface area contributed by atoms with Crippen LogP contribution in [0.1, 0.15) is 18.5 Å². The highest BCUT2D eigenvalue weighted by Gasteiger charge is 2.22. The van der Waals surface area contributed by atoms with Crippen molar-refractivity contribution >= 4 is 34.5 Å². The molecule has 0 radical (unpaired) electrons. The van der Waals surface area contributed by atoms with Gasteiger partial charge in [0, 0.05) is 23.3 Å². The van der Waals surface area contributed by atoms with E-state index >= 15 is 0 Å². The first-order valence-electron chi connectivity index (χ1n) is 11.6. The second kappa shape index (κ2) is 13.2. The van der Waals surface area contributed by atoms with Crippen LogP contribution in [-0.2, 0) is 20.9 Å². The van der Waals surface area contributed by atoms with Crippen LogP contribution in [0.5, 0.6) is 5.75 Å². The van der Waals surface area contributed by atoms with E-state index < -0.39 is 48.4 Å². The van der Waals surface area contributed by atoms with Crippen molar-refractivity contribution in [3.8, 4) is 5.75 Å². The van der Waals surface area contributed by atoms with Crippen LogP contribution in [0.15, 0.2) is 53.5 Å². The number of H-pyrrole nitrogens is 1. The maximum absolute atomic E-state index is 14.0. The van der Waals surface area contributed by atoms with Crippen molar-refractivity contribution in [2.24, 2.45) is 5.73 Å². The van der Waals surface area contributed by atoms with Gasteiger partial charge in [0.25, 0.3) is 12.0 Å². The smallest absolute Gasteiger partial charge is 0.407 e. The van der Waals surface area contributed by atoms with E-state index in [1.807, 2.05) is 0 Å². The van der Waals surface area contributed by atoms with Crippen molar-refractivity contribution in [1.29, 1.82) is 0 Å². The van der Waals surface area contributed by atoms with Gasteiger partial charge in [0.2, 0.25) is 11.8 Å². The summed E-state index contributed by atoms with van der Waals surface area (Å²) in [5.74, 6) is -2.15. The zero-order valence-corrected chi connectivity index (χ0v) is 20.7. The largest absolute Gasteiger partial charge is 0.485 e. The molecule has 0 bridgehead atoms. The number of rotatable bonds is 12. The van der Waals surface area contributed by atoms with Gasteiger partial charge in [-0.3, -0.25) is 14.4 Å². The van der Waals surface area contributed by atoms with E-state index in [9.17, 15) is 32.3 Å². The zero-order chi connectivity index (χ0) is 28.5. The molecule has 2 aromatic heterocycles. The van der Waals surface area contributed by atoms with Crippen LogP contribution in [0.3, 0.4) is 0 Å². The number of benzene rings is 1. The molecule has 5 N–H and O–H groups in total. The van der Waals surface area contributed by atoms with Crippen molar-refractivity contribution in [3.63, 3.8) is 0 Å². The summed E-state index contributed by atoms with van der Waals surface area (Å²) in [5.41, 5.74) is 5.08. The molecule has 14 heteroatoms. The van der Waals surface area contributed by atoms with Gasteiger partial charge in [-0.25, -0.2) is 18.0 Å². The van der Waals surface area contributed by atoms with E-state index in [2.05, 4.69) is 20.4 Å². The molecule has 3 rings (SSSR count). The monoisotopic (exact) mass is 549 g/mol. The van der Waals surface area contributed by atoms with Crippen LogP contribution in [0.2, 0.25) is 0 Å². The van der Waals surface area contributed by atoms with Gasteiger partial charge in [0.1, 0.15) is 29.9 Å². The molecule has 0 spiro atoms. The molecule has 0 fully saturated rings. The van der Waals surface area contributed by atoms with Gasteiger partial charge >= 0.3 is 6.09 Å². The lowest BCUT2D eigenvalue weighted by molar-refractivity contribution is -0.118. The zero-order valence-electron chi connectivity index (χ0n) is 20.7. The molecule has 1 atom stereocenters. The summed E-state index contributed by atoms with van der Waals surface area (Å²) in [7, 11) is 1.12. The van der Waals surface area contributed by atoms with Crippen molar-refractivity contribution in [2.75, 3.05) is 19.0 Å². The van der Waals surface area contributed by atoms with Gasteiger partial charge in [-0.15, -0.1) is 0 Å². The summed E-state index contributed by atoms with van der Waals surface area (Å²) in [4.78, 5) is 51.4. The van der Waals surface area contributed by atoms with Crippen LogP contribution in [0, 0.1) is 5.82 Å². The Labute approximate surface area is 219 Å². The molecule has 0 saturated carbocycles. The topological polar surface area (TPSA) is 158 Å². The normalized spacial score (nSPS) is 12.0. The summed E-state index contributed by atoms with van der Waals surface area (Å²) in [6.07, 6.45) is 0.691. The fourth-order valence-electron chi connectivity index (χ4n) is 3.68. The van der Waals surface area contributed by atoms with Crippen molar-refractivity contribution < 1.29 is 37.0 Å². The third-order valence-corrected chi connectivity index (χ3v) is 5.39. The lowest BCUT2D eigenvalue weighted by Crippen LogP contribution is -2.44. The lowest BCUT2D eigenvalue weighted by Gasteiger charge is -2.17. The number of aromatic nitrogens is 2. The number of nitrogens with two attached hydrogens (primary N) is 1. The Kier molecular flexibility index (Phi) is 9.73. The van der Waals surface area contributed by atoms with Crippen molar-refractivity contribution in [1.82, 2.24) is 14.9 Å². The minimum atomic E-state index is -2.75. The summed E-state index contributed by atoms with van der Waals surface area (Å²) in [5, 5.41) is 5.20. The molecular formula is C25H26F3N5O6. The number of halogens is 3. The number of nitrogens with zero attached hydrogens (tertiary/aromatic N) is 1. The third kappa shape index (κ3) is 8.12. The Hall–Kier alpha value is -4.75. The van der Waals surface area contributed by atoms with E-state index in [0.717, 1.165) is 19.3 Å². The standard InChI is InChI=1S/C25H26F3N5O6/c1-38-25(37)32-17(5-2-3-7-21(29)34)23(35)31-18-6-4-8-33(24(18)36)12-16-10-14-9-15(26)11-19(22(14)30-16)39-13-20(27)28/h3-4,6-11,17,20,30H,2,5,12-13H2,1H3,(H2,29,34)(H,31,35)(H,32,37). The number of hydrogen-bond donors (Lipinski definition) is 4. The van der Waals surface area contributed by atoms with E-state index in [1.165, 1.54) is 35.0 Å². The van der Waals surface area contributed by atoms with E-state index in [-0.39, 0.29) is 36.3 Å². The number of amides is 3. The van der Waals surface area contributed by atoms with Gasteiger partial charge in [-0.1, -0.05) is 6.08 Å². The van der Waals surface area contributed by atoms with Crippen molar-refractivity contribution in [2.45, 2.75) is 31.9 Å². The Morgan fingerprint density at radius 1 is 1.23 bits per heavy atom. The summed E-state index contributed by atoms with van der Waals surface area (Å²) < 4.78 is 49.9. The maximum atomic E-state index is 14.0.